The highest BCUT2D eigenvalue weighted by Gasteiger charge is 2.18. The number of hydrogen-bond donors (Lipinski definition) is 1. The van der Waals surface area contributed by atoms with E-state index in [1.54, 1.807) is 7.11 Å². The highest BCUT2D eigenvalue weighted by molar-refractivity contribution is 5.95. The fourth-order valence-electron chi connectivity index (χ4n) is 3.37. The summed E-state index contributed by atoms with van der Waals surface area (Å²) in [5.41, 5.74) is 4.42. The van der Waals surface area contributed by atoms with Gasteiger partial charge in [0.25, 0.3) is 5.91 Å². The number of amides is 1. The minimum atomic E-state index is -0.224. The lowest BCUT2D eigenvalue weighted by molar-refractivity contribution is -0.123. The van der Waals surface area contributed by atoms with Gasteiger partial charge in [-0.1, -0.05) is 48.5 Å². The van der Waals surface area contributed by atoms with Crippen LogP contribution in [0.5, 0.6) is 5.88 Å². The molecule has 1 N–H and O–H groups in total. The average molecular weight is 416 g/mol. The van der Waals surface area contributed by atoms with Gasteiger partial charge in [-0.2, -0.15) is 10.1 Å². The maximum absolute atomic E-state index is 12.0. The Bertz CT molecular complexity index is 1170. The zero-order chi connectivity index (χ0) is 21.6. The van der Waals surface area contributed by atoms with E-state index in [-0.39, 0.29) is 12.5 Å². The molecule has 0 saturated heterocycles. The van der Waals surface area contributed by atoms with E-state index in [0.29, 0.717) is 24.7 Å². The molecule has 0 fully saturated rings. The van der Waals surface area contributed by atoms with E-state index in [1.807, 2.05) is 78.3 Å². The van der Waals surface area contributed by atoms with E-state index in [2.05, 4.69) is 5.32 Å². The number of nitrogens with zero attached hydrogens (tertiary/aromatic N) is 3. The minimum Gasteiger partial charge on any atom is -0.468 e. The number of aryl methyl sites for hydroxylation is 1. The number of nitrogens with one attached hydrogen (secondary N) is 1. The Balaban J connectivity index is 1.73. The molecule has 2 heterocycles. The SMILES string of the molecule is COCCNC(=O)COc1cc(C)c2c(-c3ccccc3)nn(-c3ccccc3)c2n1. The summed E-state index contributed by atoms with van der Waals surface area (Å²) in [6.45, 7) is 2.77. The van der Waals surface area contributed by atoms with Crippen molar-refractivity contribution in [3.63, 3.8) is 0 Å². The third-order valence-corrected chi connectivity index (χ3v) is 4.84. The molecule has 0 unspecified atom stereocenters. The van der Waals surface area contributed by atoms with E-state index in [4.69, 9.17) is 19.6 Å². The van der Waals surface area contributed by atoms with Crippen molar-refractivity contribution in [2.24, 2.45) is 0 Å². The van der Waals surface area contributed by atoms with Gasteiger partial charge in [-0.25, -0.2) is 4.68 Å². The van der Waals surface area contributed by atoms with Gasteiger partial charge in [-0.3, -0.25) is 4.79 Å². The predicted molar refractivity (Wildman–Crippen MR) is 119 cm³/mol. The van der Waals surface area contributed by atoms with E-state index >= 15 is 0 Å². The zero-order valence-corrected chi connectivity index (χ0v) is 17.5. The first-order valence-electron chi connectivity index (χ1n) is 10.1. The Hall–Kier alpha value is -3.71. The molecule has 0 bridgehead atoms. The Labute approximate surface area is 180 Å². The lowest BCUT2D eigenvalue weighted by Gasteiger charge is -2.09. The number of rotatable bonds is 8. The molecule has 4 aromatic rings. The average Bonchev–Trinajstić information content (AvgIpc) is 3.19. The van der Waals surface area contributed by atoms with Gasteiger partial charge in [-0.15, -0.1) is 0 Å². The van der Waals surface area contributed by atoms with Gasteiger partial charge in [-0.05, 0) is 24.6 Å². The molecule has 0 aliphatic rings. The maximum Gasteiger partial charge on any atom is 0.258 e. The van der Waals surface area contributed by atoms with Crippen LogP contribution < -0.4 is 10.1 Å². The molecule has 4 rings (SSSR count). The van der Waals surface area contributed by atoms with Crippen molar-refractivity contribution in [3.8, 4) is 22.8 Å². The zero-order valence-electron chi connectivity index (χ0n) is 17.5. The van der Waals surface area contributed by atoms with Crippen LogP contribution in [-0.2, 0) is 9.53 Å². The summed E-state index contributed by atoms with van der Waals surface area (Å²) in [6.07, 6.45) is 0. The summed E-state index contributed by atoms with van der Waals surface area (Å²) >= 11 is 0. The molecule has 0 atom stereocenters. The fourth-order valence-corrected chi connectivity index (χ4v) is 3.37. The number of para-hydroxylation sites is 1. The Kier molecular flexibility index (Phi) is 6.24. The van der Waals surface area contributed by atoms with Crippen LogP contribution in [0.1, 0.15) is 5.56 Å². The molecule has 7 heteroatoms. The number of methoxy groups -OCH3 is 1. The fraction of sp³-hybridized carbons (Fsp3) is 0.208. The molecule has 7 nitrogen and oxygen atoms in total. The van der Waals surface area contributed by atoms with Gasteiger partial charge in [0.05, 0.1) is 17.7 Å². The van der Waals surface area contributed by atoms with Crippen LogP contribution in [0.15, 0.2) is 66.7 Å². The van der Waals surface area contributed by atoms with Gasteiger partial charge >= 0.3 is 0 Å². The molecular weight excluding hydrogens is 392 g/mol. The summed E-state index contributed by atoms with van der Waals surface area (Å²) in [5.74, 6) is 0.154. The highest BCUT2D eigenvalue weighted by atomic mass is 16.5. The number of ether oxygens (including phenoxy) is 2. The van der Waals surface area contributed by atoms with Crippen molar-refractivity contribution in [2.75, 3.05) is 26.9 Å². The maximum atomic E-state index is 12.0. The number of aromatic nitrogens is 3. The molecule has 0 spiro atoms. The number of pyridine rings is 1. The summed E-state index contributed by atoms with van der Waals surface area (Å²) in [5, 5.41) is 8.57. The van der Waals surface area contributed by atoms with Gasteiger partial charge in [0.15, 0.2) is 12.3 Å². The van der Waals surface area contributed by atoms with Crippen LogP contribution >= 0.6 is 0 Å². The molecule has 1 amide bonds. The molecule has 2 aromatic carbocycles. The van der Waals surface area contributed by atoms with Crippen molar-refractivity contribution >= 4 is 16.9 Å². The number of carbonyl (C=O) groups is 1. The standard InChI is InChI=1S/C24H24N4O3/c1-17-15-21(31-16-20(29)25-13-14-30-2)26-24-22(17)23(18-9-5-3-6-10-18)27-28(24)19-11-7-4-8-12-19/h3-12,15H,13-14,16H2,1-2H3,(H,25,29). The summed E-state index contributed by atoms with van der Waals surface area (Å²) in [6, 6.07) is 21.7. The Morgan fingerprint density at radius 2 is 1.77 bits per heavy atom. The van der Waals surface area contributed by atoms with Gasteiger partial charge in [0.1, 0.15) is 5.69 Å². The predicted octanol–water partition coefficient (Wildman–Crippen LogP) is 3.54. The molecule has 2 aromatic heterocycles. The second-order valence-corrected chi connectivity index (χ2v) is 7.07. The molecule has 0 saturated carbocycles. The van der Waals surface area contributed by atoms with Crippen LogP contribution in [0.25, 0.3) is 28.0 Å². The number of hydrogen-bond acceptors (Lipinski definition) is 5. The summed E-state index contributed by atoms with van der Waals surface area (Å²) in [7, 11) is 1.59. The van der Waals surface area contributed by atoms with Gasteiger partial charge < -0.3 is 14.8 Å². The summed E-state index contributed by atoms with van der Waals surface area (Å²) in [4.78, 5) is 16.7. The minimum absolute atomic E-state index is 0.118. The molecule has 0 radical (unpaired) electrons. The Morgan fingerprint density at radius 1 is 1.06 bits per heavy atom. The first kappa shape index (κ1) is 20.6. The van der Waals surface area contributed by atoms with Crippen molar-refractivity contribution < 1.29 is 14.3 Å². The number of fused-ring (bicyclic) bond motifs is 1. The number of benzene rings is 2. The smallest absolute Gasteiger partial charge is 0.258 e. The lowest BCUT2D eigenvalue weighted by Crippen LogP contribution is -2.31. The van der Waals surface area contributed by atoms with Crippen LogP contribution in [-0.4, -0.2) is 47.5 Å². The summed E-state index contributed by atoms with van der Waals surface area (Å²) < 4.78 is 12.4. The topological polar surface area (TPSA) is 78.3 Å². The van der Waals surface area contributed by atoms with Gasteiger partial charge in [0, 0.05) is 25.3 Å². The van der Waals surface area contributed by atoms with E-state index < -0.39 is 0 Å². The third kappa shape index (κ3) is 4.57. The molecular formula is C24H24N4O3. The van der Waals surface area contributed by atoms with E-state index in [9.17, 15) is 4.79 Å². The van der Waals surface area contributed by atoms with Crippen molar-refractivity contribution in [3.05, 3.63) is 72.3 Å². The van der Waals surface area contributed by atoms with E-state index in [0.717, 1.165) is 27.9 Å². The van der Waals surface area contributed by atoms with Crippen molar-refractivity contribution in [1.29, 1.82) is 0 Å². The van der Waals surface area contributed by atoms with Crippen LogP contribution in [0, 0.1) is 6.92 Å². The van der Waals surface area contributed by atoms with Crippen LogP contribution in [0.3, 0.4) is 0 Å². The molecule has 0 aliphatic carbocycles. The Morgan fingerprint density at radius 3 is 2.48 bits per heavy atom. The molecule has 158 valence electrons. The van der Waals surface area contributed by atoms with Crippen molar-refractivity contribution in [2.45, 2.75) is 6.92 Å². The van der Waals surface area contributed by atoms with Crippen LogP contribution in [0.2, 0.25) is 0 Å². The van der Waals surface area contributed by atoms with Crippen molar-refractivity contribution in [1.82, 2.24) is 20.1 Å². The number of carbonyl (C=O) groups excluding carboxylic acids is 1. The van der Waals surface area contributed by atoms with Crippen LogP contribution in [0.4, 0.5) is 0 Å². The van der Waals surface area contributed by atoms with E-state index in [1.165, 1.54) is 0 Å². The lowest BCUT2D eigenvalue weighted by atomic mass is 10.1. The second-order valence-electron chi connectivity index (χ2n) is 7.07. The highest BCUT2D eigenvalue weighted by Crippen LogP contribution is 2.33. The third-order valence-electron chi connectivity index (χ3n) is 4.84. The molecule has 31 heavy (non-hydrogen) atoms. The van der Waals surface area contributed by atoms with Gasteiger partial charge in [0.2, 0.25) is 5.88 Å². The largest absolute Gasteiger partial charge is 0.468 e. The first-order valence-corrected chi connectivity index (χ1v) is 10.1. The molecule has 0 aliphatic heterocycles. The monoisotopic (exact) mass is 416 g/mol. The first-order chi connectivity index (χ1) is 15.2. The quantitative estimate of drug-likeness (QED) is 0.445. The second kappa shape index (κ2) is 9.40. The normalized spacial score (nSPS) is 10.9.